The molecule has 0 aliphatic heterocycles. The fourth-order valence-electron chi connectivity index (χ4n) is 2.32. The Hall–Kier alpha value is -1.93. The molecule has 8 heteroatoms. The number of carbonyl (C=O) groups is 2. The molecule has 2 N–H and O–H groups in total. The van der Waals surface area contributed by atoms with Crippen molar-refractivity contribution in [2.75, 3.05) is 5.32 Å². The molecule has 2 rings (SSSR count). The Bertz CT molecular complexity index is 835. The van der Waals surface area contributed by atoms with Crippen LogP contribution in [0.5, 0.6) is 5.75 Å². The molecule has 0 spiro atoms. The Kier molecular flexibility index (Phi) is 7.79. The first-order valence-electron chi connectivity index (χ1n) is 8.21. The number of carboxylic acids is 1. The lowest BCUT2D eigenvalue weighted by Crippen LogP contribution is -2.12. The molecule has 1 amide bonds. The van der Waals surface area contributed by atoms with Crippen molar-refractivity contribution in [2.24, 2.45) is 0 Å². The monoisotopic (exact) mass is 501 g/mol. The molecule has 0 fully saturated rings. The minimum absolute atomic E-state index is 0.0283. The minimum atomic E-state index is -0.868. The van der Waals surface area contributed by atoms with Gasteiger partial charge in [0.05, 0.1) is 14.6 Å². The van der Waals surface area contributed by atoms with Crippen molar-refractivity contribution in [2.45, 2.75) is 32.8 Å². The van der Waals surface area contributed by atoms with Gasteiger partial charge in [-0.05, 0) is 62.0 Å². The topological polar surface area (TPSA) is 75.6 Å². The normalized spacial score (nSPS) is 10.5. The smallest absolute Gasteiger partial charge is 0.303 e. The zero-order chi connectivity index (χ0) is 20.0. The number of hydrogen-bond acceptors (Lipinski definition) is 3. The molecule has 0 saturated carbocycles. The van der Waals surface area contributed by atoms with Gasteiger partial charge in [-0.3, -0.25) is 9.59 Å². The van der Waals surface area contributed by atoms with Crippen molar-refractivity contribution in [1.82, 2.24) is 0 Å². The van der Waals surface area contributed by atoms with Gasteiger partial charge in [0.25, 0.3) is 0 Å². The Balaban J connectivity index is 2.13. The number of anilines is 1. The summed E-state index contributed by atoms with van der Waals surface area (Å²) in [4.78, 5) is 22.2. The van der Waals surface area contributed by atoms with Gasteiger partial charge in [0.15, 0.2) is 5.82 Å². The highest BCUT2D eigenvalue weighted by Gasteiger charge is 2.14. The van der Waals surface area contributed by atoms with Crippen LogP contribution in [0.2, 0.25) is 0 Å². The van der Waals surface area contributed by atoms with Crippen LogP contribution in [-0.2, 0) is 22.6 Å². The third kappa shape index (κ3) is 6.04. The highest BCUT2D eigenvalue weighted by molar-refractivity contribution is 9.11. The summed E-state index contributed by atoms with van der Waals surface area (Å²) in [6.45, 7) is 1.66. The number of ether oxygens (including phenoxy) is 1. The molecule has 0 saturated heterocycles. The number of aliphatic carboxylic acids is 1. The second-order valence-electron chi connectivity index (χ2n) is 5.75. The minimum Gasteiger partial charge on any atom is -0.486 e. The fraction of sp³-hybridized carbons (Fsp3) is 0.263. The summed E-state index contributed by atoms with van der Waals surface area (Å²) >= 11 is 6.80. The summed E-state index contributed by atoms with van der Waals surface area (Å²) in [6.07, 6.45) is 0.676. The van der Waals surface area contributed by atoms with E-state index in [0.717, 1.165) is 5.56 Å². The Morgan fingerprint density at radius 1 is 1.22 bits per heavy atom. The molecular weight excluding hydrogens is 485 g/mol. The van der Waals surface area contributed by atoms with Crippen molar-refractivity contribution in [1.29, 1.82) is 0 Å². The van der Waals surface area contributed by atoms with Gasteiger partial charge in [-0.1, -0.05) is 19.1 Å². The van der Waals surface area contributed by atoms with Crippen molar-refractivity contribution in [3.05, 3.63) is 56.2 Å². The SMILES string of the molecule is CCC(=O)Nc1cccc(COc2c(Br)cc(CCC(=O)O)cc2Br)c1F. The maximum atomic E-state index is 14.5. The first-order valence-corrected chi connectivity index (χ1v) is 9.80. The quantitative estimate of drug-likeness (QED) is 0.513. The Labute approximate surface area is 173 Å². The molecule has 0 atom stereocenters. The van der Waals surface area contributed by atoms with Crippen LogP contribution in [0.1, 0.15) is 30.9 Å². The highest BCUT2D eigenvalue weighted by atomic mass is 79.9. The average Bonchev–Trinajstić information content (AvgIpc) is 2.61. The zero-order valence-corrected chi connectivity index (χ0v) is 17.7. The summed E-state index contributed by atoms with van der Waals surface area (Å²) in [7, 11) is 0. The average molecular weight is 503 g/mol. The van der Waals surface area contributed by atoms with Gasteiger partial charge in [0, 0.05) is 18.4 Å². The Morgan fingerprint density at radius 3 is 2.48 bits per heavy atom. The third-order valence-corrected chi connectivity index (χ3v) is 4.91. The van der Waals surface area contributed by atoms with Crippen LogP contribution in [0.3, 0.4) is 0 Å². The lowest BCUT2D eigenvalue weighted by Gasteiger charge is -2.14. The van der Waals surface area contributed by atoms with E-state index in [1.165, 1.54) is 6.07 Å². The number of aryl methyl sites for hydroxylation is 1. The van der Waals surface area contributed by atoms with Crippen LogP contribution >= 0.6 is 31.9 Å². The standard InChI is InChI=1S/C19H18Br2FNO4/c1-2-16(24)23-15-5-3-4-12(18(15)22)10-27-19-13(20)8-11(9-14(19)21)6-7-17(25)26/h3-5,8-9H,2,6-7,10H2,1H3,(H,23,24)(H,25,26). The molecule has 0 bridgehead atoms. The molecule has 27 heavy (non-hydrogen) atoms. The van der Waals surface area contributed by atoms with Gasteiger partial charge in [-0.2, -0.15) is 0 Å². The first kappa shape index (κ1) is 21.4. The second-order valence-corrected chi connectivity index (χ2v) is 7.46. The van der Waals surface area contributed by atoms with E-state index in [2.05, 4.69) is 37.2 Å². The maximum absolute atomic E-state index is 14.5. The summed E-state index contributed by atoms with van der Waals surface area (Å²) in [5.74, 6) is -1.19. The Morgan fingerprint density at radius 2 is 1.89 bits per heavy atom. The van der Waals surface area contributed by atoms with E-state index < -0.39 is 11.8 Å². The van der Waals surface area contributed by atoms with Crippen LogP contribution in [0.25, 0.3) is 0 Å². The molecule has 0 unspecified atom stereocenters. The number of rotatable bonds is 8. The number of carbonyl (C=O) groups excluding carboxylic acids is 1. The number of nitrogens with one attached hydrogen (secondary N) is 1. The maximum Gasteiger partial charge on any atom is 0.303 e. The summed E-state index contributed by atoms with van der Waals surface area (Å²) < 4.78 is 21.5. The van der Waals surface area contributed by atoms with E-state index in [1.807, 2.05) is 0 Å². The molecule has 0 aliphatic carbocycles. The predicted octanol–water partition coefficient (Wildman–Crippen LogP) is 5.30. The van der Waals surface area contributed by atoms with Gasteiger partial charge in [0.1, 0.15) is 12.4 Å². The molecule has 0 radical (unpaired) electrons. The van der Waals surface area contributed by atoms with Crippen LogP contribution in [0, 0.1) is 5.82 Å². The van der Waals surface area contributed by atoms with Crippen LogP contribution in [0.4, 0.5) is 10.1 Å². The van der Waals surface area contributed by atoms with Crippen LogP contribution < -0.4 is 10.1 Å². The van der Waals surface area contributed by atoms with Crippen LogP contribution in [0.15, 0.2) is 39.3 Å². The first-order chi connectivity index (χ1) is 12.8. The molecule has 0 aliphatic rings. The number of carboxylic acid groups (broad SMARTS) is 1. The van der Waals surface area contributed by atoms with Crippen molar-refractivity contribution in [3.8, 4) is 5.75 Å². The molecule has 144 valence electrons. The third-order valence-electron chi connectivity index (χ3n) is 3.73. The fourth-order valence-corrected chi connectivity index (χ4v) is 3.83. The molecule has 0 heterocycles. The number of halogens is 3. The van der Waals surface area contributed by atoms with Crippen molar-refractivity contribution < 1.29 is 23.8 Å². The second kappa shape index (κ2) is 9.85. The van der Waals surface area contributed by atoms with E-state index in [4.69, 9.17) is 9.84 Å². The molecular formula is C19H18Br2FNO4. The predicted molar refractivity (Wildman–Crippen MR) is 107 cm³/mol. The van der Waals surface area contributed by atoms with Gasteiger partial charge in [0.2, 0.25) is 5.91 Å². The van der Waals surface area contributed by atoms with E-state index in [0.29, 0.717) is 26.7 Å². The van der Waals surface area contributed by atoms with E-state index in [1.54, 1.807) is 31.2 Å². The van der Waals surface area contributed by atoms with Crippen LogP contribution in [-0.4, -0.2) is 17.0 Å². The van der Waals surface area contributed by atoms with Gasteiger partial charge in [-0.25, -0.2) is 4.39 Å². The van der Waals surface area contributed by atoms with Gasteiger partial charge in [-0.15, -0.1) is 0 Å². The van der Waals surface area contributed by atoms with E-state index in [-0.39, 0.29) is 31.0 Å². The van der Waals surface area contributed by atoms with Gasteiger partial charge >= 0.3 is 5.97 Å². The number of hydrogen-bond donors (Lipinski definition) is 2. The summed E-state index contributed by atoms with van der Waals surface area (Å²) in [6, 6.07) is 8.27. The molecule has 2 aromatic rings. The summed E-state index contributed by atoms with van der Waals surface area (Å²) in [5.41, 5.74) is 1.25. The van der Waals surface area contributed by atoms with Crippen molar-refractivity contribution >= 4 is 49.4 Å². The largest absolute Gasteiger partial charge is 0.486 e. The summed E-state index contributed by atoms with van der Waals surface area (Å²) in [5, 5.41) is 11.3. The lowest BCUT2D eigenvalue weighted by atomic mass is 10.1. The molecule has 5 nitrogen and oxygen atoms in total. The van der Waals surface area contributed by atoms with Crippen molar-refractivity contribution in [3.63, 3.8) is 0 Å². The van der Waals surface area contributed by atoms with E-state index >= 15 is 0 Å². The lowest BCUT2D eigenvalue weighted by molar-refractivity contribution is -0.137. The van der Waals surface area contributed by atoms with E-state index in [9.17, 15) is 14.0 Å². The molecule has 0 aromatic heterocycles. The number of amides is 1. The highest BCUT2D eigenvalue weighted by Crippen LogP contribution is 2.36. The molecule has 2 aromatic carbocycles. The van der Waals surface area contributed by atoms with Gasteiger partial charge < -0.3 is 15.2 Å². The zero-order valence-electron chi connectivity index (χ0n) is 14.5. The number of benzene rings is 2.